The molecule has 0 aliphatic heterocycles. The first kappa shape index (κ1) is 8.09. The highest BCUT2D eigenvalue weighted by Crippen LogP contribution is 1.91. The van der Waals surface area contributed by atoms with Crippen molar-refractivity contribution in [1.29, 1.82) is 0 Å². The molecular formula is C8H8N2S. The molecule has 11 heavy (non-hydrogen) atoms. The third-order valence-electron chi connectivity index (χ3n) is 1.09. The first-order valence-electron chi connectivity index (χ1n) is 3.21. The summed E-state index contributed by atoms with van der Waals surface area (Å²) in [6, 6.07) is 0. The minimum atomic E-state index is 0.563. The zero-order valence-corrected chi connectivity index (χ0v) is 7.10. The number of nitrogens with zero attached hydrogens (tertiary/aromatic N) is 2. The fourth-order valence-electron chi connectivity index (χ4n) is 0.599. The normalized spacial score (nSPS) is 8.55. The maximum absolute atomic E-state index is 3.99. The molecule has 0 bridgehead atoms. The van der Waals surface area contributed by atoms with E-state index in [4.69, 9.17) is 0 Å². The minimum Gasteiger partial charge on any atom is -0.240 e. The van der Waals surface area contributed by atoms with Crippen LogP contribution in [0.1, 0.15) is 11.4 Å². The van der Waals surface area contributed by atoms with Crippen molar-refractivity contribution in [2.24, 2.45) is 0 Å². The lowest BCUT2D eigenvalue weighted by molar-refractivity contribution is 1.05. The summed E-state index contributed by atoms with van der Waals surface area (Å²) >= 11 is 3.96. The zero-order valence-electron chi connectivity index (χ0n) is 6.20. The van der Waals surface area contributed by atoms with Gasteiger partial charge in [0, 0.05) is 12.4 Å². The summed E-state index contributed by atoms with van der Waals surface area (Å²) in [5, 5.41) is 0. The molecule has 1 aromatic rings. The van der Waals surface area contributed by atoms with E-state index in [-0.39, 0.29) is 0 Å². The summed E-state index contributed by atoms with van der Waals surface area (Å²) in [7, 11) is 0. The van der Waals surface area contributed by atoms with Crippen molar-refractivity contribution in [1.82, 2.24) is 9.97 Å². The van der Waals surface area contributed by atoms with Gasteiger partial charge in [-0.3, -0.25) is 0 Å². The van der Waals surface area contributed by atoms with Crippen LogP contribution in [0.3, 0.4) is 0 Å². The largest absolute Gasteiger partial charge is 0.240 e. The van der Waals surface area contributed by atoms with E-state index in [0.717, 1.165) is 11.4 Å². The molecule has 0 saturated carbocycles. The predicted molar refractivity (Wildman–Crippen MR) is 47.5 cm³/mol. The molecule has 0 amide bonds. The van der Waals surface area contributed by atoms with Crippen molar-refractivity contribution in [2.75, 3.05) is 5.75 Å². The maximum atomic E-state index is 3.99. The lowest BCUT2D eigenvalue weighted by Gasteiger charge is -1.89. The third kappa shape index (κ3) is 2.60. The summed E-state index contributed by atoms with van der Waals surface area (Å²) in [6.07, 6.45) is 3.41. The second-order valence-corrected chi connectivity index (χ2v) is 2.30. The van der Waals surface area contributed by atoms with Crippen molar-refractivity contribution < 1.29 is 0 Å². The highest BCUT2D eigenvalue weighted by atomic mass is 32.1. The van der Waals surface area contributed by atoms with Crippen molar-refractivity contribution in [3.8, 4) is 11.8 Å². The van der Waals surface area contributed by atoms with Crippen LogP contribution in [0.25, 0.3) is 0 Å². The molecule has 0 N–H and O–H groups in total. The fraction of sp³-hybridized carbons (Fsp3) is 0.250. The lowest BCUT2D eigenvalue weighted by Crippen LogP contribution is -1.86. The molecule has 0 atom stereocenters. The molecule has 56 valence electrons. The number of hydrogen-bond donors (Lipinski definition) is 1. The van der Waals surface area contributed by atoms with Gasteiger partial charge in [0.2, 0.25) is 0 Å². The molecule has 0 unspecified atom stereocenters. The Hall–Kier alpha value is -1.01. The summed E-state index contributed by atoms with van der Waals surface area (Å²) in [6.45, 7) is 1.84. The average molecular weight is 164 g/mol. The van der Waals surface area contributed by atoms with Gasteiger partial charge >= 0.3 is 0 Å². The van der Waals surface area contributed by atoms with E-state index in [9.17, 15) is 0 Å². The van der Waals surface area contributed by atoms with E-state index in [0.29, 0.717) is 5.75 Å². The van der Waals surface area contributed by atoms with Gasteiger partial charge < -0.3 is 0 Å². The Labute approximate surface area is 71.5 Å². The molecule has 1 aromatic heterocycles. The Morgan fingerprint density at radius 1 is 1.45 bits per heavy atom. The molecule has 0 saturated heterocycles. The summed E-state index contributed by atoms with van der Waals surface area (Å²) in [5.74, 6) is 7.02. The van der Waals surface area contributed by atoms with Crippen LogP contribution in [0.2, 0.25) is 0 Å². The monoisotopic (exact) mass is 164 g/mol. The van der Waals surface area contributed by atoms with E-state index in [1.807, 2.05) is 6.92 Å². The van der Waals surface area contributed by atoms with Crippen molar-refractivity contribution in [2.45, 2.75) is 6.92 Å². The second kappa shape index (κ2) is 3.99. The van der Waals surface area contributed by atoms with E-state index >= 15 is 0 Å². The molecule has 1 rings (SSSR count). The zero-order chi connectivity index (χ0) is 8.10. The summed E-state index contributed by atoms with van der Waals surface area (Å²) in [5.41, 5.74) is 0.838. The number of thiol groups is 1. The molecule has 2 nitrogen and oxygen atoms in total. The lowest BCUT2D eigenvalue weighted by atomic mass is 10.3. The molecule has 1 heterocycles. The van der Waals surface area contributed by atoms with Gasteiger partial charge in [0.25, 0.3) is 0 Å². The van der Waals surface area contributed by atoms with Gasteiger partial charge in [0.1, 0.15) is 5.82 Å². The highest BCUT2D eigenvalue weighted by molar-refractivity contribution is 7.80. The fourth-order valence-corrected chi connectivity index (χ4v) is 0.678. The van der Waals surface area contributed by atoms with Gasteiger partial charge in [-0.05, 0) is 6.92 Å². The summed E-state index contributed by atoms with van der Waals surface area (Å²) in [4.78, 5) is 7.99. The van der Waals surface area contributed by atoms with Crippen LogP contribution < -0.4 is 0 Å². The Bertz CT molecular complexity index is 281. The van der Waals surface area contributed by atoms with Gasteiger partial charge in [-0.2, -0.15) is 12.6 Å². The molecule has 0 aromatic carbocycles. The topological polar surface area (TPSA) is 25.8 Å². The molecule has 3 heteroatoms. The van der Waals surface area contributed by atoms with Gasteiger partial charge in [-0.15, -0.1) is 0 Å². The quantitative estimate of drug-likeness (QED) is 0.458. The van der Waals surface area contributed by atoms with Gasteiger partial charge in [-0.1, -0.05) is 11.8 Å². The van der Waals surface area contributed by atoms with Crippen LogP contribution in [-0.4, -0.2) is 15.7 Å². The number of rotatable bonds is 0. The van der Waals surface area contributed by atoms with Crippen molar-refractivity contribution in [3.63, 3.8) is 0 Å². The molecule has 0 fully saturated rings. The van der Waals surface area contributed by atoms with E-state index in [1.165, 1.54) is 0 Å². The standard InChI is InChI=1S/C8H8N2S/c1-7-9-5-8(6-10-7)3-2-4-11/h5-6,11H,4H2,1H3. The molecule has 0 aliphatic carbocycles. The van der Waals surface area contributed by atoms with Crippen LogP contribution in [0.15, 0.2) is 12.4 Å². The van der Waals surface area contributed by atoms with Crippen LogP contribution in [0.5, 0.6) is 0 Å². The maximum Gasteiger partial charge on any atom is 0.125 e. The number of aryl methyl sites for hydroxylation is 1. The first-order chi connectivity index (χ1) is 5.33. The second-order valence-electron chi connectivity index (χ2n) is 1.98. The number of hydrogen-bond acceptors (Lipinski definition) is 3. The smallest absolute Gasteiger partial charge is 0.125 e. The summed E-state index contributed by atoms with van der Waals surface area (Å²) < 4.78 is 0. The molecule has 0 aliphatic rings. The predicted octanol–water partition coefficient (Wildman–Crippen LogP) is 1.07. The molecular weight excluding hydrogens is 156 g/mol. The Morgan fingerprint density at radius 2 is 2.09 bits per heavy atom. The van der Waals surface area contributed by atoms with Crippen LogP contribution in [-0.2, 0) is 0 Å². The molecule has 0 spiro atoms. The van der Waals surface area contributed by atoms with E-state index in [1.54, 1.807) is 12.4 Å². The van der Waals surface area contributed by atoms with Crippen LogP contribution >= 0.6 is 12.6 Å². The van der Waals surface area contributed by atoms with Crippen LogP contribution in [0, 0.1) is 18.8 Å². The highest BCUT2D eigenvalue weighted by Gasteiger charge is 1.86. The van der Waals surface area contributed by atoms with Crippen molar-refractivity contribution >= 4 is 12.6 Å². The van der Waals surface area contributed by atoms with Gasteiger partial charge in [-0.25, -0.2) is 9.97 Å². The third-order valence-corrected chi connectivity index (χ3v) is 1.25. The van der Waals surface area contributed by atoms with Crippen molar-refractivity contribution in [3.05, 3.63) is 23.8 Å². The SMILES string of the molecule is Cc1ncc(C#CCS)cn1. The first-order valence-corrected chi connectivity index (χ1v) is 3.84. The van der Waals surface area contributed by atoms with Gasteiger partial charge in [0.15, 0.2) is 0 Å². The average Bonchev–Trinajstić information content (AvgIpc) is 2.04. The Kier molecular flexibility index (Phi) is 2.94. The molecule has 0 radical (unpaired) electrons. The Balaban J connectivity index is 2.82. The van der Waals surface area contributed by atoms with E-state index in [2.05, 4.69) is 34.4 Å². The number of aromatic nitrogens is 2. The van der Waals surface area contributed by atoms with Crippen LogP contribution in [0.4, 0.5) is 0 Å². The Morgan fingerprint density at radius 3 is 2.64 bits per heavy atom. The van der Waals surface area contributed by atoms with E-state index < -0.39 is 0 Å². The minimum absolute atomic E-state index is 0.563. The van der Waals surface area contributed by atoms with Gasteiger partial charge in [0.05, 0.1) is 11.3 Å².